The number of carbonyl (C=O) groups is 3. The minimum absolute atomic E-state index is 0.115. The van der Waals surface area contributed by atoms with Crippen molar-refractivity contribution in [3.63, 3.8) is 0 Å². The lowest BCUT2D eigenvalue weighted by molar-refractivity contribution is -0.142. The number of amides is 2. The SMILES string of the molecule is Cc1ccsc1/C=C/C(=O)OCC(=O)Nc1ccc(N2CCCC2=O)cc1. The number of nitrogens with one attached hydrogen (secondary N) is 1. The Morgan fingerprint density at radius 3 is 2.67 bits per heavy atom. The number of rotatable bonds is 6. The molecule has 1 saturated heterocycles. The van der Waals surface area contributed by atoms with E-state index >= 15 is 0 Å². The molecule has 1 fully saturated rings. The van der Waals surface area contributed by atoms with Crippen LogP contribution < -0.4 is 10.2 Å². The Morgan fingerprint density at radius 2 is 2.04 bits per heavy atom. The Morgan fingerprint density at radius 1 is 1.26 bits per heavy atom. The summed E-state index contributed by atoms with van der Waals surface area (Å²) in [6, 6.07) is 8.99. The van der Waals surface area contributed by atoms with Crippen molar-refractivity contribution < 1.29 is 19.1 Å². The van der Waals surface area contributed by atoms with Gasteiger partial charge in [0.1, 0.15) is 0 Å². The molecular formula is C20H20N2O4S. The lowest BCUT2D eigenvalue weighted by Crippen LogP contribution is -2.23. The highest BCUT2D eigenvalue weighted by molar-refractivity contribution is 7.11. The van der Waals surface area contributed by atoms with Gasteiger partial charge in [0, 0.05) is 35.3 Å². The van der Waals surface area contributed by atoms with Crippen LogP contribution in [0.3, 0.4) is 0 Å². The van der Waals surface area contributed by atoms with Crippen LogP contribution in [0.5, 0.6) is 0 Å². The van der Waals surface area contributed by atoms with Crippen LogP contribution in [0.25, 0.3) is 6.08 Å². The molecule has 1 aromatic heterocycles. The molecule has 2 amide bonds. The zero-order valence-electron chi connectivity index (χ0n) is 14.9. The molecule has 140 valence electrons. The molecule has 27 heavy (non-hydrogen) atoms. The van der Waals surface area contributed by atoms with E-state index in [-0.39, 0.29) is 12.5 Å². The molecule has 0 bridgehead atoms. The lowest BCUT2D eigenvalue weighted by atomic mass is 10.2. The van der Waals surface area contributed by atoms with E-state index in [0.717, 1.165) is 29.1 Å². The standard InChI is InChI=1S/C20H20N2O4S/c1-14-10-12-27-17(14)8-9-20(25)26-13-18(23)21-15-4-6-16(7-5-15)22-11-2-3-19(22)24/h4-10,12H,2-3,11,13H2,1H3,(H,21,23)/b9-8+. The van der Waals surface area contributed by atoms with Crippen molar-refractivity contribution in [1.29, 1.82) is 0 Å². The first-order valence-corrected chi connectivity index (χ1v) is 9.50. The monoisotopic (exact) mass is 384 g/mol. The number of anilines is 2. The number of hydrogen-bond donors (Lipinski definition) is 1. The normalized spacial score (nSPS) is 14.0. The molecule has 2 aromatic rings. The number of hydrogen-bond acceptors (Lipinski definition) is 5. The molecule has 1 aromatic carbocycles. The Kier molecular flexibility index (Phi) is 6.03. The van der Waals surface area contributed by atoms with Crippen LogP contribution in [-0.2, 0) is 19.1 Å². The summed E-state index contributed by atoms with van der Waals surface area (Å²) in [5.41, 5.74) is 2.48. The number of nitrogens with zero attached hydrogens (tertiary/aromatic N) is 1. The average Bonchev–Trinajstić information content (AvgIpc) is 3.27. The van der Waals surface area contributed by atoms with Crippen LogP contribution in [0, 0.1) is 6.92 Å². The zero-order valence-corrected chi connectivity index (χ0v) is 15.8. The zero-order chi connectivity index (χ0) is 19.2. The Bertz CT molecular complexity index is 870. The highest BCUT2D eigenvalue weighted by Gasteiger charge is 2.21. The maximum atomic E-state index is 11.9. The van der Waals surface area contributed by atoms with Crippen molar-refractivity contribution in [2.24, 2.45) is 0 Å². The van der Waals surface area contributed by atoms with Gasteiger partial charge in [0.05, 0.1) is 0 Å². The second-order valence-corrected chi connectivity index (χ2v) is 7.10. The highest BCUT2D eigenvalue weighted by Crippen LogP contribution is 2.23. The van der Waals surface area contributed by atoms with Crippen LogP contribution in [0.2, 0.25) is 0 Å². The summed E-state index contributed by atoms with van der Waals surface area (Å²) in [5.74, 6) is -0.876. The first-order valence-electron chi connectivity index (χ1n) is 8.62. The number of ether oxygens (including phenoxy) is 1. The molecule has 0 atom stereocenters. The predicted octanol–water partition coefficient (Wildman–Crippen LogP) is 3.38. The van der Waals surface area contributed by atoms with Gasteiger partial charge in [0.25, 0.3) is 5.91 Å². The summed E-state index contributed by atoms with van der Waals surface area (Å²) in [5, 5.41) is 4.61. The third-order valence-electron chi connectivity index (χ3n) is 4.15. The minimum Gasteiger partial charge on any atom is -0.452 e. The number of benzene rings is 1. The second kappa shape index (κ2) is 8.64. The van der Waals surface area contributed by atoms with E-state index in [0.29, 0.717) is 12.1 Å². The molecular weight excluding hydrogens is 364 g/mol. The van der Waals surface area contributed by atoms with Crippen LogP contribution in [-0.4, -0.2) is 30.9 Å². The highest BCUT2D eigenvalue weighted by atomic mass is 32.1. The van der Waals surface area contributed by atoms with Gasteiger partial charge in [-0.2, -0.15) is 0 Å². The fraction of sp³-hybridized carbons (Fsp3) is 0.250. The van der Waals surface area contributed by atoms with Gasteiger partial charge in [0.2, 0.25) is 5.91 Å². The summed E-state index contributed by atoms with van der Waals surface area (Å²) in [4.78, 5) is 38.1. The third kappa shape index (κ3) is 5.04. The van der Waals surface area contributed by atoms with Crippen LogP contribution in [0.15, 0.2) is 41.8 Å². The van der Waals surface area contributed by atoms with E-state index in [1.165, 1.54) is 17.4 Å². The van der Waals surface area contributed by atoms with Gasteiger partial charge in [-0.3, -0.25) is 9.59 Å². The molecule has 6 nitrogen and oxygen atoms in total. The van der Waals surface area contributed by atoms with E-state index in [2.05, 4.69) is 5.32 Å². The second-order valence-electron chi connectivity index (χ2n) is 6.15. The van der Waals surface area contributed by atoms with Crippen molar-refractivity contribution in [3.05, 3.63) is 52.2 Å². The number of carbonyl (C=O) groups excluding carboxylic acids is 3. The Labute approximate surface area is 161 Å². The van der Waals surface area contributed by atoms with Crippen molar-refractivity contribution in [1.82, 2.24) is 0 Å². The van der Waals surface area contributed by atoms with Gasteiger partial charge in [-0.05, 0) is 60.7 Å². The summed E-state index contributed by atoms with van der Waals surface area (Å²) >= 11 is 1.53. The molecule has 1 aliphatic heterocycles. The molecule has 0 unspecified atom stereocenters. The lowest BCUT2D eigenvalue weighted by Gasteiger charge is -2.16. The van der Waals surface area contributed by atoms with Crippen molar-refractivity contribution in [2.45, 2.75) is 19.8 Å². The van der Waals surface area contributed by atoms with Gasteiger partial charge in [-0.1, -0.05) is 0 Å². The van der Waals surface area contributed by atoms with E-state index in [1.54, 1.807) is 35.2 Å². The summed E-state index contributed by atoms with van der Waals surface area (Å²) in [6.45, 7) is 2.32. The predicted molar refractivity (Wildman–Crippen MR) is 106 cm³/mol. The average molecular weight is 384 g/mol. The van der Waals surface area contributed by atoms with Gasteiger partial charge in [-0.25, -0.2) is 4.79 Å². The smallest absolute Gasteiger partial charge is 0.331 e. The largest absolute Gasteiger partial charge is 0.452 e. The molecule has 0 spiro atoms. The number of esters is 1. The van der Waals surface area contributed by atoms with Gasteiger partial charge in [0.15, 0.2) is 6.61 Å². The molecule has 0 radical (unpaired) electrons. The number of thiophene rings is 1. The molecule has 7 heteroatoms. The van der Waals surface area contributed by atoms with Crippen molar-refractivity contribution >= 4 is 46.6 Å². The molecule has 0 aliphatic carbocycles. The minimum atomic E-state index is -0.569. The summed E-state index contributed by atoms with van der Waals surface area (Å²) in [6.07, 6.45) is 4.43. The molecule has 2 heterocycles. The van der Waals surface area contributed by atoms with Gasteiger partial charge < -0.3 is 15.0 Å². The van der Waals surface area contributed by atoms with Crippen LogP contribution in [0.1, 0.15) is 23.3 Å². The Balaban J connectivity index is 1.46. The summed E-state index contributed by atoms with van der Waals surface area (Å²) in [7, 11) is 0. The fourth-order valence-corrected chi connectivity index (χ4v) is 3.55. The topological polar surface area (TPSA) is 75.7 Å². The fourth-order valence-electron chi connectivity index (χ4n) is 2.73. The summed E-state index contributed by atoms with van der Waals surface area (Å²) < 4.78 is 4.95. The number of aryl methyl sites for hydroxylation is 1. The van der Waals surface area contributed by atoms with Crippen molar-refractivity contribution in [3.8, 4) is 0 Å². The Hall–Kier alpha value is -2.93. The first-order chi connectivity index (χ1) is 13.0. The molecule has 0 saturated carbocycles. The molecule has 1 N–H and O–H groups in total. The molecule has 1 aliphatic rings. The maximum absolute atomic E-state index is 11.9. The quantitative estimate of drug-likeness (QED) is 0.612. The van der Waals surface area contributed by atoms with Crippen LogP contribution >= 0.6 is 11.3 Å². The van der Waals surface area contributed by atoms with Gasteiger partial charge in [-0.15, -0.1) is 11.3 Å². The maximum Gasteiger partial charge on any atom is 0.331 e. The first kappa shape index (κ1) is 18.8. The van der Waals surface area contributed by atoms with E-state index in [1.807, 2.05) is 18.4 Å². The van der Waals surface area contributed by atoms with Crippen LogP contribution in [0.4, 0.5) is 11.4 Å². The van der Waals surface area contributed by atoms with E-state index < -0.39 is 11.9 Å². The van der Waals surface area contributed by atoms with E-state index in [4.69, 9.17) is 4.74 Å². The van der Waals surface area contributed by atoms with E-state index in [9.17, 15) is 14.4 Å². The third-order valence-corrected chi connectivity index (χ3v) is 5.14. The van der Waals surface area contributed by atoms with Gasteiger partial charge >= 0.3 is 5.97 Å². The molecule has 3 rings (SSSR count). The van der Waals surface area contributed by atoms with Crippen molar-refractivity contribution in [2.75, 3.05) is 23.4 Å².